The summed E-state index contributed by atoms with van der Waals surface area (Å²) in [5.74, 6) is 0. The smallest absolute Gasteiger partial charge is 0.330 e. The molecule has 2 N–H and O–H groups in total. The summed E-state index contributed by atoms with van der Waals surface area (Å²) in [4.78, 5) is 0. The molecular formula is C7H10F3N3. The highest BCUT2D eigenvalue weighted by Gasteiger charge is 2.28. The average Bonchev–Trinajstić information content (AvgIpc) is 2.33. The maximum absolute atomic E-state index is 11.9. The Hall–Kier alpha value is -1.04. The normalized spacial score (nSPS) is 12.0. The van der Waals surface area contributed by atoms with Crippen molar-refractivity contribution in [3.05, 3.63) is 18.0 Å². The molecule has 0 aromatic carbocycles. The van der Waals surface area contributed by atoms with Gasteiger partial charge in [-0.2, -0.15) is 18.3 Å². The summed E-state index contributed by atoms with van der Waals surface area (Å²) in [6.45, 7) is -0.652. The fourth-order valence-electron chi connectivity index (χ4n) is 0.957. The Balaban J connectivity index is 2.59. The Morgan fingerprint density at radius 3 is 2.69 bits per heavy atom. The third-order valence-electron chi connectivity index (χ3n) is 1.44. The van der Waals surface area contributed by atoms with Crippen molar-refractivity contribution in [2.45, 2.75) is 19.1 Å². The van der Waals surface area contributed by atoms with Crippen LogP contribution in [0.15, 0.2) is 12.3 Å². The van der Waals surface area contributed by atoms with Crippen molar-refractivity contribution in [2.75, 3.05) is 6.54 Å². The molecule has 13 heavy (non-hydrogen) atoms. The number of halogens is 3. The van der Waals surface area contributed by atoms with Crippen LogP contribution < -0.4 is 5.73 Å². The Morgan fingerprint density at radius 1 is 1.46 bits per heavy atom. The quantitative estimate of drug-likeness (QED) is 0.776. The summed E-state index contributed by atoms with van der Waals surface area (Å²) < 4.78 is 36.4. The van der Waals surface area contributed by atoms with Gasteiger partial charge < -0.3 is 5.73 Å². The summed E-state index contributed by atoms with van der Waals surface area (Å²) in [6, 6.07) is 1.54. The van der Waals surface area contributed by atoms with Crippen LogP contribution in [0.25, 0.3) is 0 Å². The monoisotopic (exact) mass is 193 g/mol. The van der Waals surface area contributed by atoms with Crippen LogP contribution in [0.2, 0.25) is 0 Å². The highest BCUT2D eigenvalue weighted by molar-refractivity contribution is 4.99. The van der Waals surface area contributed by atoms with Gasteiger partial charge in [0.25, 0.3) is 0 Å². The lowest BCUT2D eigenvalue weighted by atomic mass is 10.3. The van der Waals surface area contributed by atoms with E-state index in [4.69, 9.17) is 5.73 Å². The molecule has 6 heteroatoms. The molecule has 0 aliphatic rings. The van der Waals surface area contributed by atoms with Crippen LogP contribution in [0.5, 0.6) is 0 Å². The molecular weight excluding hydrogens is 183 g/mol. The third-order valence-corrected chi connectivity index (χ3v) is 1.44. The van der Waals surface area contributed by atoms with Gasteiger partial charge >= 0.3 is 6.18 Å². The van der Waals surface area contributed by atoms with Crippen molar-refractivity contribution in [2.24, 2.45) is 5.73 Å². The van der Waals surface area contributed by atoms with Crippen molar-refractivity contribution >= 4 is 0 Å². The van der Waals surface area contributed by atoms with E-state index in [9.17, 15) is 13.2 Å². The van der Waals surface area contributed by atoms with Crippen molar-refractivity contribution in [3.63, 3.8) is 0 Å². The van der Waals surface area contributed by atoms with E-state index < -0.39 is 12.7 Å². The second kappa shape index (κ2) is 3.78. The van der Waals surface area contributed by atoms with Crippen LogP contribution in [-0.4, -0.2) is 22.5 Å². The summed E-state index contributed by atoms with van der Waals surface area (Å²) in [6.07, 6.45) is -2.41. The fraction of sp³-hybridized carbons (Fsp3) is 0.571. The lowest BCUT2D eigenvalue weighted by molar-refractivity contribution is -0.142. The molecule has 0 spiro atoms. The molecule has 3 nitrogen and oxygen atoms in total. The largest absolute Gasteiger partial charge is 0.408 e. The Labute approximate surface area is 73.3 Å². The minimum absolute atomic E-state index is 0.392. The van der Waals surface area contributed by atoms with E-state index in [1.54, 1.807) is 6.07 Å². The Bertz CT molecular complexity index is 266. The van der Waals surface area contributed by atoms with Crippen molar-refractivity contribution in [1.82, 2.24) is 9.78 Å². The first kappa shape index (κ1) is 10.0. The summed E-state index contributed by atoms with van der Waals surface area (Å²) >= 11 is 0. The van der Waals surface area contributed by atoms with E-state index in [0.717, 1.165) is 4.68 Å². The van der Waals surface area contributed by atoms with Crippen molar-refractivity contribution < 1.29 is 13.2 Å². The zero-order valence-electron chi connectivity index (χ0n) is 6.88. The number of alkyl halides is 3. The molecule has 0 saturated carbocycles. The molecule has 1 heterocycles. The van der Waals surface area contributed by atoms with Crippen molar-refractivity contribution in [3.8, 4) is 0 Å². The zero-order chi connectivity index (χ0) is 9.90. The highest BCUT2D eigenvalue weighted by atomic mass is 19.4. The standard InChI is InChI=1S/C7H10F3N3/c8-7(9,10)5-13-4-2-6(12-13)1-3-11/h2,4H,1,3,5,11H2. The SMILES string of the molecule is NCCc1ccn(CC(F)(F)F)n1. The van der Waals surface area contributed by atoms with Crippen LogP contribution in [-0.2, 0) is 13.0 Å². The molecule has 1 aromatic rings. The summed E-state index contributed by atoms with van der Waals surface area (Å²) in [5.41, 5.74) is 5.82. The zero-order valence-corrected chi connectivity index (χ0v) is 6.88. The van der Waals surface area contributed by atoms with Crippen LogP contribution in [0.4, 0.5) is 13.2 Å². The predicted octanol–water partition coefficient (Wildman–Crippen LogP) is 0.947. The van der Waals surface area contributed by atoms with Crippen LogP contribution >= 0.6 is 0 Å². The Morgan fingerprint density at radius 2 is 2.15 bits per heavy atom. The van der Waals surface area contributed by atoms with Gasteiger partial charge in [-0.25, -0.2) is 0 Å². The summed E-state index contributed by atoms with van der Waals surface area (Å²) in [5, 5.41) is 3.70. The molecule has 0 atom stereocenters. The molecule has 0 amide bonds. The topological polar surface area (TPSA) is 43.8 Å². The van der Waals surface area contributed by atoms with E-state index in [0.29, 0.717) is 18.7 Å². The number of hydrogen-bond acceptors (Lipinski definition) is 2. The van der Waals surface area contributed by atoms with E-state index in [-0.39, 0.29) is 0 Å². The van der Waals surface area contributed by atoms with E-state index in [2.05, 4.69) is 5.10 Å². The molecule has 0 bridgehead atoms. The van der Waals surface area contributed by atoms with E-state index in [1.807, 2.05) is 0 Å². The van der Waals surface area contributed by atoms with Gasteiger partial charge in [0, 0.05) is 12.6 Å². The molecule has 0 aliphatic carbocycles. The lowest BCUT2D eigenvalue weighted by Gasteiger charge is -2.05. The molecule has 0 radical (unpaired) electrons. The van der Waals surface area contributed by atoms with Gasteiger partial charge in [0.2, 0.25) is 0 Å². The fourth-order valence-corrected chi connectivity index (χ4v) is 0.957. The van der Waals surface area contributed by atoms with Crippen LogP contribution in [0.3, 0.4) is 0 Å². The minimum atomic E-state index is -4.22. The van der Waals surface area contributed by atoms with E-state index >= 15 is 0 Å². The number of nitrogens with zero attached hydrogens (tertiary/aromatic N) is 2. The van der Waals surface area contributed by atoms with Gasteiger partial charge in [-0.1, -0.05) is 0 Å². The molecule has 0 unspecified atom stereocenters. The second-order valence-corrected chi connectivity index (χ2v) is 2.66. The Kier molecular flexibility index (Phi) is 2.92. The molecule has 0 fully saturated rings. The average molecular weight is 193 g/mol. The number of nitrogens with two attached hydrogens (primary N) is 1. The van der Waals surface area contributed by atoms with E-state index in [1.165, 1.54) is 6.20 Å². The molecule has 0 saturated heterocycles. The first-order valence-electron chi connectivity index (χ1n) is 3.80. The van der Waals surface area contributed by atoms with Gasteiger partial charge in [-0.15, -0.1) is 0 Å². The molecule has 1 rings (SSSR count). The van der Waals surface area contributed by atoms with Gasteiger partial charge in [-0.05, 0) is 12.6 Å². The predicted molar refractivity (Wildman–Crippen MR) is 41.0 cm³/mol. The van der Waals surface area contributed by atoms with Gasteiger partial charge in [0.05, 0.1) is 5.69 Å². The van der Waals surface area contributed by atoms with Gasteiger partial charge in [0.1, 0.15) is 6.54 Å². The van der Waals surface area contributed by atoms with Crippen LogP contribution in [0.1, 0.15) is 5.69 Å². The maximum atomic E-state index is 11.9. The molecule has 1 aromatic heterocycles. The van der Waals surface area contributed by atoms with Gasteiger partial charge in [0.15, 0.2) is 0 Å². The number of hydrogen-bond donors (Lipinski definition) is 1. The second-order valence-electron chi connectivity index (χ2n) is 2.66. The first-order valence-corrected chi connectivity index (χ1v) is 3.80. The molecule has 74 valence electrons. The number of aromatic nitrogens is 2. The lowest BCUT2D eigenvalue weighted by Crippen LogP contribution is -2.18. The third kappa shape index (κ3) is 3.45. The number of rotatable bonds is 3. The van der Waals surface area contributed by atoms with Crippen molar-refractivity contribution in [1.29, 1.82) is 0 Å². The molecule has 0 aliphatic heterocycles. The van der Waals surface area contributed by atoms with Crippen LogP contribution in [0, 0.1) is 0 Å². The highest BCUT2D eigenvalue weighted by Crippen LogP contribution is 2.16. The summed E-state index contributed by atoms with van der Waals surface area (Å²) in [7, 11) is 0. The maximum Gasteiger partial charge on any atom is 0.408 e. The minimum Gasteiger partial charge on any atom is -0.330 e. The first-order chi connectivity index (χ1) is 6.01. The van der Waals surface area contributed by atoms with Gasteiger partial charge in [-0.3, -0.25) is 4.68 Å².